The summed E-state index contributed by atoms with van der Waals surface area (Å²) in [6.45, 7) is 6.38. The summed E-state index contributed by atoms with van der Waals surface area (Å²) in [5.74, 6) is 2.79. The first kappa shape index (κ1) is 18.1. The van der Waals surface area contributed by atoms with E-state index in [1.165, 1.54) is 0 Å². The smallest absolute Gasteiger partial charge is 0.191 e. The fraction of sp³-hybridized carbons (Fsp3) is 0.769. The first-order valence-corrected chi connectivity index (χ1v) is 6.96. The molecule has 0 bridgehead atoms. The summed E-state index contributed by atoms with van der Waals surface area (Å²) < 4.78 is 7.55. The SMILES string of the molecule is CN=C(NCc1nnc2n1CCC2)NCC(C)(C)OC.I. The van der Waals surface area contributed by atoms with Gasteiger partial charge in [-0.2, -0.15) is 0 Å². The van der Waals surface area contributed by atoms with Crippen LogP contribution in [-0.4, -0.2) is 47.0 Å². The molecule has 1 aromatic rings. The zero-order valence-corrected chi connectivity index (χ0v) is 15.5. The third kappa shape index (κ3) is 4.80. The molecule has 21 heavy (non-hydrogen) atoms. The second-order valence-corrected chi connectivity index (χ2v) is 5.53. The molecule has 0 amide bonds. The van der Waals surface area contributed by atoms with Crippen LogP contribution in [0.2, 0.25) is 0 Å². The van der Waals surface area contributed by atoms with Crippen LogP contribution >= 0.6 is 24.0 Å². The number of fused-ring (bicyclic) bond motifs is 1. The molecule has 0 fully saturated rings. The summed E-state index contributed by atoms with van der Waals surface area (Å²) in [6, 6.07) is 0. The molecule has 0 spiro atoms. The van der Waals surface area contributed by atoms with Gasteiger partial charge >= 0.3 is 0 Å². The van der Waals surface area contributed by atoms with Gasteiger partial charge in [0.25, 0.3) is 0 Å². The van der Waals surface area contributed by atoms with Crippen molar-refractivity contribution < 1.29 is 4.74 Å². The van der Waals surface area contributed by atoms with Crippen molar-refractivity contribution in [3.05, 3.63) is 11.6 Å². The fourth-order valence-electron chi connectivity index (χ4n) is 2.09. The van der Waals surface area contributed by atoms with Gasteiger partial charge in [0.1, 0.15) is 5.82 Å². The lowest BCUT2D eigenvalue weighted by Crippen LogP contribution is -2.45. The number of aliphatic imine (C=N–C) groups is 1. The summed E-state index contributed by atoms with van der Waals surface area (Å²) in [5.41, 5.74) is -0.228. The highest BCUT2D eigenvalue weighted by molar-refractivity contribution is 14.0. The highest BCUT2D eigenvalue weighted by Crippen LogP contribution is 2.13. The Kier molecular flexibility index (Phi) is 6.85. The van der Waals surface area contributed by atoms with Gasteiger partial charge in [-0.3, -0.25) is 4.99 Å². The lowest BCUT2D eigenvalue weighted by atomic mass is 10.1. The monoisotopic (exact) mass is 408 g/mol. The van der Waals surface area contributed by atoms with E-state index >= 15 is 0 Å². The highest BCUT2D eigenvalue weighted by atomic mass is 127. The standard InChI is InChI=1S/C13H24N6O.HI/c1-13(2,20-4)9-16-12(14-3)15-8-11-18-17-10-6-5-7-19(10)11;/h5-9H2,1-4H3,(H2,14,15,16);1H. The fourth-order valence-corrected chi connectivity index (χ4v) is 2.09. The van der Waals surface area contributed by atoms with Crippen molar-refractivity contribution in [2.24, 2.45) is 4.99 Å². The summed E-state index contributed by atoms with van der Waals surface area (Å²) in [6.07, 6.45) is 2.19. The van der Waals surface area contributed by atoms with Gasteiger partial charge in [-0.15, -0.1) is 34.2 Å². The average molecular weight is 408 g/mol. The number of methoxy groups -OCH3 is 1. The number of rotatable bonds is 5. The largest absolute Gasteiger partial charge is 0.377 e. The van der Waals surface area contributed by atoms with Crippen LogP contribution in [0.4, 0.5) is 0 Å². The molecule has 120 valence electrons. The van der Waals surface area contributed by atoms with E-state index in [0.29, 0.717) is 13.1 Å². The van der Waals surface area contributed by atoms with Crippen LogP contribution in [-0.2, 0) is 24.2 Å². The molecule has 2 rings (SSSR count). The summed E-state index contributed by atoms with van der Waals surface area (Å²) in [7, 11) is 3.46. The Labute approximate surface area is 143 Å². The first-order valence-electron chi connectivity index (χ1n) is 6.96. The molecule has 0 unspecified atom stereocenters. The second-order valence-electron chi connectivity index (χ2n) is 5.53. The number of aromatic nitrogens is 3. The Morgan fingerprint density at radius 3 is 2.81 bits per heavy atom. The van der Waals surface area contributed by atoms with Gasteiger partial charge in [0, 0.05) is 33.7 Å². The predicted octanol–water partition coefficient (Wildman–Crippen LogP) is 0.932. The number of hydrogen-bond acceptors (Lipinski definition) is 4. The third-order valence-corrected chi connectivity index (χ3v) is 3.56. The first-order chi connectivity index (χ1) is 9.55. The van der Waals surface area contributed by atoms with Gasteiger partial charge < -0.3 is 19.9 Å². The molecule has 0 aromatic carbocycles. The van der Waals surface area contributed by atoms with Crippen molar-refractivity contribution in [1.29, 1.82) is 0 Å². The van der Waals surface area contributed by atoms with E-state index in [1.807, 2.05) is 13.8 Å². The van der Waals surface area contributed by atoms with Crippen molar-refractivity contribution >= 4 is 29.9 Å². The van der Waals surface area contributed by atoms with Crippen molar-refractivity contribution in [3.8, 4) is 0 Å². The minimum atomic E-state index is -0.228. The average Bonchev–Trinajstić information content (AvgIpc) is 3.03. The molecule has 1 aliphatic rings. The number of halogens is 1. The molecule has 1 aromatic heterocycles. The maximum absolute atomic E-state index is 5.37. The van der Waals surface area contributed by atoms with E-state index in [2.05, 4.69) is 30.4 Å². The van der Waals surface area contributed by atoms with Crippen LogP contribution in [0.15, 0.2) is 4.99 Å². The van der Waals surface area contributed by atoms with Crippen molar-refractivity contribution in [2.45, 2.75) is 45.4 Å². The Morgan fingerprint density at radius 2 is 2.14 bits per heavy atom. The summed E-state index contributed by atoms with van der Waals surface area (Å²) in [5, 5.41) is 14.9. The van der Waals surface area contributed by atoms with Crippen LogP contribution in [0.1, 0.15) is 31.9 Å². The highest BCUT2D eigenvalue weighted by Gasteiger charge is 2.18. The number of nitrogens with zero attached hydrogens (tertiary/aromatic N) is 4. The molecule has 7 nitrogen and oxygen atoms in total. The Morgan fingerprint density at radius 1 is 1.38 bits per heavy atom. The van der Waals surface area contributed by atoms with E-state index in [1.54, 1.807) is 14.2 Å². The van der Waals surface area contributed by atoms with Crippen molar-refractivity contribution in [2.75, 3.05) is 20.7 Å². The molecule has 0 atom stereocenters. The van der Waals surface area contributed by atoms with Gasteiger partial charge in [0.05, 0.1) is 12.1 Å². The number of hydrogen-bond donors (Lipinski definition) is 2. The number of aryl methyl sites for hydroxylation is 1. The lowest BCUT2D eigenvalue weighted by molar-refractivity contribution is 0.0268. The molecule has 2 N–H and O–H groups in total. The molecule has 8 heteroatoms. The van der Waals surface area contributed by atoms with Gasteiger partial charge in [-0.05, 0) is 20.3 Å². The minimum Gasteiger partial charge on any atom is -0.377 e. The molecular formula is C13H25IN6O. The molecule has 0 saturated heterocycles. The topological polar surface area (TPSA) is 76.4 Å². The maximum Gasteiger partial charge on any atom is 0.191 e. The van der Waals surface area contributed by atoms with Crippen molar-refractivity contribution in [3.63, 3.8) is 0 Å². The van der Waals surface area contributed by atoms with Crippen LogP contribution in [0, 0.1) is 0 Å². The van der Waals surface area contributed by atoms with Crippen molar-refractivity contribution in [1.82, 2.24) is 25.4 Å². The molecule has 0 aliphatic carbocycles. The van der Waals surface area contributed by atoms with E-state index in [4.69, 9.17) is 4.74 Å². The van der Waals surface area contributed by atoms with Gasteiger partial charge in [0.15, 0.2) is 11.8 Å². The Balaban J connectivity index is 0.00000220. The molecular weight excluding hydrogens is 383 g/mol. The van der Waals surface area contributed by atoms with Gasteiger partial charge in [0.2, 0.25) is 0 Å². The minimum absolute atomic E-state index is 0. The van der Waals surface area contributed by atoms with Gasteiger partial charge in [-0.1, -0.05) is 0 Å². The molecule has 0 radical (unpaired) electrons. The Bertz CT molecular complexity index is 485. The molecule has 2 heterocycles. The molecule has 0 saturated carbocycles. The Hall–Kier alpha value is -0.900. The maximum atomic E-state index is 5.37. The van der Waals surface area contributed by atoms with Gasteiger partial charge in [-0.25, -0.2) is 0 Å². The summed E-state index contributed by atoms with van der Waals surface area (Å²) in [4.78, 5) is 4.20. The molecule has 1 aliphatic heterocycles. The zero-order valence-electron chi connectivity index (χ0n) is 13.1. The van der Waals surface area contributed by atoms with E-state index in [-0.39, 0.29) is 29.6 Å². The quantitative estimate of drug-likeness (QED) is 0.431. The second kappa shape index (κ2) is 7.92. The van der Waals surface area contributed by atoms with Crippen LogP contribution < -0.4 is 10.6 Å². The number of guanidine groups is 1. The van der Waals surface area contributed by atoms with E-state index < -0.39 is 0 Å². The van der Waals surface area contributed by atoms with Crippen LogP contribution in [0.5, 0.6) is 0 Å². The third-order valence-electron chi connectivity index (χ3n) is 3.56. The van der Waals surface area contributed by atoms with E-state index in [0.717, 1.165) is 37.0 Å². The normalized spacial score (nSPS) is 14.6. The van der Waals surface area contributed by atoms with Crippen LogP contribution in [0.25, 0.3) is 0 Å². The predicted molar refractivity (Wildman–Crippen MR) is 93.0 cm³/mol. The lowest BCUT2D eigenvalue weighted by Gasteiger charge is -2.24. The van der Waals surface area contributed by atoms with Crippen LogP contribution in [0.3, 0.4) is 0 Å². The number of ether oxygens (including phenoxy) is 1. The zero-order chi connectivity index (χ0) is 14.6. The number of nitrogens with one attached hydrogen (secondary N) is 2. The van der Waals surface area contributed by atoms with E-state index in [9.17, 15) is 0 Å². The summed E-state index contributed by atoms with van der Waals surface area (Å²) >= 11 is 0.